The van der Waals surface area contributed by atoms with Crippen LogP contribution in [0.3, 0.4) is 0 Å². The van der Waals surface area contributed by atoms with Gasteiger partial charge in [-0.1, -0.05) is 6.92 Å². The molecule has 12 heavy (non-hydrogen) atoms. The average molecular weight is 168 g/mol. The first kappa shape index (κ1) is 9.59. The second-order valence-corrected chi connectivity index (χ2v) is 3.50. The van der Waals surface area contributed by atoms with Gasteiger partial charge >= 0.3 is 0 Å². The highest BCUT2D eigenvalue weighted by molar-refractivity contribution is 5.05. The standard InChI is InChI=1S/C10H20N2/c1-5-11-7-9(3)8-12(6-2)10(11)4/h7,10H,5-6,8H2,1-4H3. The molecule has 0 radical (unpaired) electrons. The highest BCUT2D eigenvalue weighted by atomic mass is 15.4. The van der Waals surface area contributed by atoms with E-state index in [0.29, 0.717) is 6.17 Å². The average Bonchev–Trinajstić information content (AvgIpc) is 2.08. The minimum absolute atomic E-state index is 0.573. The zero-order chi connectivity index (χ0) is 9.14. The van der Waals surface area contributed by atoms with Crippen LogP contribution in [0.1, 0.15) is 27.7 Å². The van der Waals surface area contributed by atoms with Crippen molar-refractivity contribution >= 4 is 0 Å². The third-order valence-corrected chi connectivity index (χ3v) is 2.62. The van der Waals surface area contributed by atoms with E-state index >= 15 is 0 Å². The van der Waals surface area contributed by atoms with E-state index in [0.717, 1.165) is 19.6 Å². The Morgan fingerprint density at radius 3 is 2.58 bits per heavy atom. The lowest BCUT2D eigenvalue weighted by Crippen LogP contribution is -2.47. The van der Waals surface area contributed by atoms with Crippen molar-refractivity contribution in [2.45, 2.75) is 33.9 Å². The van der Waals surface area contributed by atoms with Crippen molar-refractivity contribution in [1.29, 1.82) is 0 Å². The van der Waals surface area contributed by atoms with Gasteiger partial charge in [-0.05, 0) is 32.9 Å². The van der Waals surface area contributed by atoms with Gasteiger partial charge in [-0.25, -0.2) is 0 Å². The van der Waals surface area contributed by atoms with E-state index in [-0.39, 0.29) is 0 Å². The first-order valence-corrected chi connectivity index (χ1v) is 4.86. The summed E-state index contributed by atoms with van der Waals surface area (Å²) in [7, 11) is 0. The fraction of sp³-hybridized carbons (Fsp3) is 0.800. The molecule has 1 rings (SSSR count). The second kappa shape index (κ2) is 3.94. The lowest BCUT2D eigenvalue weighted by atomic mass is 10.2. The second-order valence-electron chi connectivity index (χ2n) is 3.50. The van der Waals surface area contributed by atoms with E-state index in [4.69, 9.17) is 0 Å². The highest BCUT2D eigenvalue weighted by Crippen LogP contribution is 2.15. The molecular formula is C10H20N2. The monoisotopic (exact) mass is 168 g/mol. The summed E-state index contributed by atoms with van der Waals surface area (Å²) in [5.74, 6) is 0. The predicted molar refractivity (Wildman–Crippen MR) is 52.8 cm³/mol. The van der Waals surface area contributed by atoms with Crippen LogP contribution in [-0.4, -0.2) is 35.6 Å². The number of nitrogens with zero attached hydrogens (tertiary/aromatic N) is 2. The quantitative estimate of drug-likeness (QED) is 0.621. The van der Waals surface area contributed by atoms with Crippen molar-refractivity contribution in [3.8, 4) is 0 Å². The van der Waals surface area contributed by atoms with Crippen LogP contribution in [0.25, 0.3) is 0 Å². The van der Waals surface area contributed by atoms with Gasteiger partial charge in [-0.3, -0.25) is 4.90 Å². The maximum absolute atomic E-state index is 2.48. The molecule has 0 bridgehead atoms. The van der Waals surface area contributed by atoms with Gasteiger partial charge < -0.3 is 4.90 Å². The van der Waals surface area contributed by atoms with Gasteiger partial charge in [0.25, 0.3) is 0 Å². The van der Waals surface area contributed by atoms with Crippen LogP contribution in [0.15, 0.2) is 11.8 Å². The molecule has 0 N–H and O–H groups in total. The number of rotatable bonds is 2. The van der Waals surface area contributed by atoms with E-state index < -0.39 is 0 Å². The minimum Gasteiger partial charge on any atom is -0.362 e. The zero-order valence-electron chi connectivity index (χ0n) is 8.67. The number of hydrogen-bond donors (Lipinski definition) is 0. The van der Waals surface area contributed by atoms with Gasteiger partial charge in [0.05, 0.1) is 6.17 Å². The molecule has 1 aliphatic heterocycles. The fourth-order valence-corrected chi connectivity index (χ4v) is 1.83. The summed E-state index contributed by atoms with van der Waals surface area (Å²) < 4.78 is 0. The van der Waals surface area contributed by atoms with Crippen molar-refractivity contribution < 1.29 is 0 Å². The Kier molecular flexibility index (Phi) is 3.15. The third-order valence-electron chi connectivity index (χ3n) is 2.62. The van der Waals surface area contributed by atoms with E-state index in [1.54, 1.807) is 0 Å². The van der Waals surface area contributed by atoms with Crippen LogP contribution >= 0.6 is 0 Å². The maximum atomic E-state index is 2.48. The molecular weight excluding hydrogens is 148 g/mol. The SMILES string of the molecule is CCN1C=C(C)CN(CC)C1C. The maximum Gasteiger partial charge on any atom is 0.0789 e. The fourth-order valence-electron chi connectivity index (χ4n) is 1.83. The molecule has 2 nitrogen and oxygen atoms in total. The largest absolute Gasteiger partial charge is 0.362 e. The Bertz CT molecular complexity index is 175. The van der Waals surface area contributed by atoms with Gasteiger partial charge in [0, 0.05) is 19.3 Å². The topological polar surface area (TPSA) is 6.48 Å². The highest BCUT2D eigenvalue weighted by Gasteiger charge is 2.20. The Morgan fingerprint density at radius 1 is 1.42 bits per heavy atom. The van der Waals surface area contributed by atoms with E-state index in [1.807, 2.05) is 0 Å². The Morgan fingerprint density at radius 2 is 2.08 bits per heavy atom. The van der Waals surface area contributed by atoms with Gasteiger partial charge in [0.1, 0.15) is 0 Å². The summed E-state index contributed by atoms with van der Waals surface area (Å²) in [5, 5.41) is 0. The lowest BCUT2D eigenvalue weighted by molar-refractivity contribution is 0.0913. The van der Waals surface area contributed by atoms with Crippen molar-refractivity contribution in [3.63, 3.8) is 0 Å². The third kappa shape index (κ3) is 1.81. The summed E-state index contributed by atoms with van der Waals surface area (Å²) in [6, 6.07) is 0. The van der Waals surface area contributed by atoms with Crippen LogP contribution in [0.2, 0.25) is 0 Å². The molecule has 0 spiro atoms. The molecule has 0 aromatic heterocycles. The van der Waals surface area contributed by atoms with Gasteiger partial charge in [-0.2, -0.15) is 0 Å². The van der Waals surface area contributed by atoms with E-state index in [9.17, 15) is 0 Å². The Hall–Kier alpha value is -0.500. The van der Waals surface area contributed by atoms with E-state index in [2.05, 4.69) is 43.7 Å². The van der Waals surface area contributed by atoms with Crippen molar-refractivity contribution in [2.75, 3.05) is 19.6 Å². The van der Waals surface area contributed by atoms with Crippen LogP contribution in [-0.2, 0) is 0 Å². The minimum atomic E-state index is 0.573. The molecule has 0 fully saturated rings. The molecule has 70 valence electrons. The first-order chi connectivity index (χ1) is 5.69. The summed E-state index contributed by atoms with van der Waals surface area (Å²) in [6.45, 7) is 12.3. The van der Waals surface area contributed by atoms with Gasteiger partial charge in [-0.15, -0.1) is 0 Å². The molecule has 0 amide bonds. The molecule has 1 aliphatic rings. The van der Waals surface area contributed by atoms with E-state index in [1.165, 1.54) is 5.57 Å². The molecule has 0 aromatic carbocycles. The summed E-state index contributed by atoms with van der Waals surface area (Å²) in [4.78, 5) is 4.88. The van der Waals surface area contributed by atoms with Crippen molar-refractivity contribution in [1.82, 2.24) is 9.80 Å². The first-order valence-electron chi connectivity index (χ1n) is 4.86. The molecule has 0 saturated carbocycles. The van der Waals surface area contributed by atoms with Crippen molar-refractivity contribution in [2.24, 2.45) is 0 Å². The smallest absolute Gasteiger partial charge is 0.0789 e. The molecule has 1 unspecified atom stereocenters. The Labute approximate surface area is 75.8 Å². The summed E-state index contributed by atoms with van der Waals surface area (Å²) in [6.07, 6.45) is 2.86. The molecule has 0 aliphatic carbocycles. The zero-order valence-corrected chi connectivity index (χ0v) is 8.67. The molecule has 0 aromatic rings. The summed E-state index contributed by atoms with van der Waals surface area (Å²) in [5.41, 5.74) is 1.47. The van der Waals surface area contributed by atoms with Gasteiger partial charge in [0.15, 0.2) is 0 Å². The molecule has 0 saturated heterocycles. The number of likely N-dealkylation sites (N-methyl/N-ethyl adjacent to an activating group) is 1. The molecule has 2 heteroatoms. The lowest BCUT2D eigenvalue weighted by Gasteiger charge is -2.40. The molecule has 1 heterocycles. The van der Waals surface area contributed by atoms with Gasteiger partial charge in [0.2, 0.25) is 0 Å². The predicted octanol–water partition coefficient (Wildman–Crippen LogP) is 1.89. The summed E-state index contributed by atoms with van der Waals surface area (Å²) >= 11 is 0. The van der Waals surface area contributed by atoms with Crippen LogP contribution in [0.4, 0.5) is 0 Å². The van der Waals surface area contributed by atoms with Crippen LogP contribution in [0.5, 0.6) is 0 Å². The normalized spacial score (nSPS) is 25.8. The van der Waals surface area contributed by atoms with Crippen molar-refractivity contribution in [3.05, 3.63) is 11.8 Å². The van der Waals surface area contributed by atoms with Crippen LogP contribution < -0.4 is 0 Å². The van der Waals surface area contributed by atoms with Crippen LogP contribution in [0, 0.1) is 0 Å². The number of hydrogen-bond acceptors (Lipinski definition) is 2. The Balaban J connectivity index is 2.70. The molecule has 1 atom stereocenters.